The number of fused-ring (bicyclic) bond motifs is 1. The molecule has 4 heterocycles. The van der Waals surface area contributed by atoms with Crippen molar-refractivity contribution < 1.29 is 23.4 Å². The molecule has 8 nitrogen and oxygen atoms in total. The smallest absolute Gasteiger partial charge is 0.289 e. The standard InChI is InChI=1S/C25H29N3O5/c1-30-20-7-6-18-14-19(24(26-22(18)15-20)27-8-12-31-13-9-27)16-28(17-21-4-2-10-32-21)25(29)23-5-3-11-33-23/h3,5-7,11,14-15,21H,2,4,8-10,12-13,16-17H2,1H3/t21-/m1/s1. The molecule has 0 spiro atoms. The lowest BCUT2D eigenvalue weighted by Gasteiger charge is -2.32. The average Bonchev–Trinajstić information content (AvgIpc) is 3.58. The van der Waals surface area contributed by atoms with Crippen LogP contribution in [0.15, 0.2) is 47.1 Å². The molecule has 5 rings (SSSR count). The van der Waals surface area contributed by atoms with Crippen LogP contribution in [0, 0.1) is 0 Å². The van der Waals surface area contributed by atoms with Crippen molar-refractivity contribution in [2.24, 2.45) is 0 Å². The first-order chi connectivity index (χ1) is 16.2. The predicted octanol–water partition coefficient (Wildman–Crippen LogP) is 3.49. The van der Waals surface area contributed by atoms with Gasteiger partial charge < -0.3 is 28.4 Å². The normalized spacial score (nSPS) is 18.6. The van der Waals surface area contributed by atoms with Gasteiger partial charge in [-0.25, -0.2) is 4.98 Å². The highest BCUT2D eigenvalue weighted by molar-refractivity contribution is 5.91. The number of pyridine rings is 1. The summed E-state index contributed by atoms with van der Waals surface area (Å²) in [5, 5.41) is 1.00. The minimum absolute atomic E-state index is 0.0356. The second kappa shape index (κ2) is 9.80. The van der Waals surface area contributed by atoms with Crippen molar-refractivity contribution in [2.45, 2.75) is 25.5 Å². The number of morpholine rings is 1. The monoisotopic (exact) mass is 451 g/mol. The minimum Gasteiger partial charge on any atom is -0.497 e. The molecule has 2 aliphatic rings. The van der Waals surface area contributed by atoms with Gasteiger partial charge in [0, 0.05) is 49.8 Å². The van der Waals surface area contributed by atoms with E-state index in [2.05, 4.69) is 11.0 Å². The third-order valence-electron chi connectivity index (χ3n) is 6.22. The molecule has 0 aliphatic carbocycles. The molecule has 1 amide bonds. The molecule has 1 atom stereocenters. The van der Waals surface area contributed by atoms with E-state index in [4.69, 9.17) is 23.6 Å². The SMILES string of the molecule is COc1ccc2cc(CN(C[C@H]3CCCO3)C(=O)c3ccco3)c(N3CCOCC3)nc2c1. The number of amides is 1. The van der Waals surface area contributed by atoms with Gasteiger partial charge in [0.2, 0.25) is 0 Å². The van der Waals surface area contributed by atoms with E-state index in [9.17, 15) is 4.79 Å². The number of rotatable bonds is 7. The largest absolute Gasteiger partial charge is 0.497 e. The van der Waals surface area contributed by atoms with Gasteiger partial charge in [-0.3, -0.25) is 4.79 Å². The molecule has 2 aliphatic heterocycles. The summed E-state index contributed by atoms with van der Waals surface area (Å²) in [4.78, 5) is 22.4. The molecule has 0 saturated carbocycles. The van der Waals surface area contributed by atoms with Crippen LogP contribution in [0.25, 0.3) is 10.9 Å². The van der Waals surface area contributed by atoms with Crippen molar-refractivity contribution in [2.75, 3.05) is 51.5 Å². The summed E-state index contributed by atoms with van der Waals surface area (Å²) in [5.74, 6) is 1.84. The molecule has 2 saturated heterocycles. The third-order valence-corrected chi connectivity index (χ3v) is 6.22. The zero-order valence-corrected chi connectivity index (χ0v) is 18.9. The van der Waals surface area contributed by atoms with Crippen molar-refractivity contribution in [1.29, 1.82) is 0 Å². The molecule has 0 N–H and O–H groups in total. The lowest BCUT2D eigenvalue weighted by atomic mass is 10.1. The summed E-state index contributed by atoms with van der Waals surface area (Å²) in [6, 6.07) is 11.5. The fraction of sp³-hybridized carbons (Fsp3) is 0.440. The summed E-state index contributed by atoms with van der Waals surface area (Å²) in [6.07, 6.45) is 3.54. The van der Waals surface area contributed by atoms with Crippen molar-refractivity contribution in [3.05, 3.63) is 54.0 Å². The van der Waals surface area contributed by atoms with Gasteiger partial charge in [-0.1, -0.05) is 0 Å². The molecule has 8 heteroatoms. The van der Waals surface area contributed by atoms with E-state index < -0.39 is 0 Å². The number of carbonyl (C=O) groups is 1. The molecule has 2 aromatic heterocycles. The van der Waals surface area contributed by atoms with E-state index in [-0.39, 0.29) is 12.0 Å². The Morgan fingerprint density at radius 1 is 1.21 bits per heavy atom. The van der Waals surface area contributed by atoms with Crippen LogP contribution in [-0.4, -0.2) is 68.5 Å². The molecule has 174 valence electrons. The molecule has 0 unspecified atom stereocenters. The van der Waals surface area contributed by atoms with Crippen LogP contribution >= 0.6 is 0 Å². The quantitative estimate of drug-likeness (QED) is 0.544. The molecule has 1 aromatic carbocycles. The summed E-state index contributed by atoms with van der Waals surface area (Å²) < 4.78 is 22.2. The van der Waals surface area contributed by atoms with Crippen LogP contribution in [0.1, 0.15) is 29.0 Å². The Balaban J connectivity index is 1.52. The summed E-state index contributed by atoms with van der Waals surface area (Å²) in [6.45, 7) is 4.50. The van der Waals surface area contributed by atoms with Gasteiger partial charge in [0.05, 0.1) is 38.2 Å². The van der Waals surface area contributed by atoms with Gasteiger partial charge in [-0.05, 0) is 43.2 Å². The highest BCUT2D eigenvalue weighted by Gasteiger charge is 2.27. The maximum absolute atomic E-state index is 13.3. The fourth-order valence-electron chi connectivity index (χ4n) is 4.49. The maximum atomic E-state index is 13.3. The highest BCUT2D eigenvalue weighted by Crippen LogP contribution is 2.29. The highest BCUT2D eigenvalue weighted by atomic mass is 16.5. The fourth-order valence-corrected chi connectivity index (χ4v) is 4.49. The second-order valence-electron chi connectivity index (χ2n) is 8.43. The number of hydrogen-bond donors (Lipinski definition) is 0. The van der Waals surface area contributed by atoms with E-state index in [1.54, 1.807) is 19.2 Å². The van der Waals surface area contributed by atoms with Crippen molar-refractivity contribution in [3.8, 4) is 5.75 Å². The zero-order valence-electron chi connectivity index (χ0n) is 18.9. The Hall–Kier alpha value is -3.10. The van der Waals surface area contributed by atoms with Crippen LogP contribution < -0.4 is 9.64 Å². The predicted molar refractivity (Wildman–Crippen MR) is 124 cm³/mol. The van der Waals surface area contributed by atoms with Crippen LogP contribution in [0.4, 0.5) is 5.82 Å². The van der Waals surface area contributed by atoms with Crippen LogP contribution in [-0.2, 0) is 16.0 Å². The minimum atomic E-state index is -0.141. The number of furan rings is 1. The molecule has 0 bridgehead atoms. The molecule has 3 aromatic rings. The van der Waals surface area contributed by atoms with Gasteiger partial charge in [0.15, 0.2) is 5.76 Å². The Labute approximate surface area is 193 Å². The lowest BCUT2D eigenvalue weighted by Crippen LogP contribution is -2.39. The van der Waals surface area contributed by atoms with E-state index in [0.29, 0.717) is 32.1 Å². The van der Waals surface area contributed by atoms with Crippen molar-refractivity contribution in [1.82, 2.24) is 9.88 Å². The lowest BCUT2D eigenvalue weighted by molar-refractivity contribution is 0.0484. The number of benzene rings is 1. The van der Waals surface area contributed by atoms with Crippen molar-refractivity contribution in [3.63, 3.8) is 0 Å². The third kappa shape index (κ3) is 4.82. The van der Waals surface area contributed by atoms with Gasteiger partial charge in [-0.2, -0.15) is 0 Å². The first kappa shape index (κ1) is 21.7. The number of ether oxygens (including phenoxy) is 3. The Kier molecular flexibility index (Phi) is 6.46. The average molecular weight is 452 g/mol. The maximum Gasteiger partial charge on any atom is 0.289 e. The van der Waals surface area contributed by atoms with Gasteiger partial charge >= 0.3 is 0 Å². The number of anilines is 1. The van der Waals surface area contributed by atoms with Crippen LogP contribution in [0.3, 0.4) is 0 Å². The zero-order chi connectivity index (χ0) is 22.6. The summed E-state index contributed by atoms with van der Waals surface area (Å²) in [5.41, 5.74) is 1.86. The topological polar surface area (TPSA) is 77.3 Å². The number of methoxy groups -OCH3 is 1. The summed E-state index contributed by atoms with van der Waals surface area (Å²) >= 11 is 0. The summed E-state index contributed by atoms with van der Waals surface area (Å²) in [7, 11) is 1.65. The number of nitrogens with zero attached hydrogens (tertiary/aromatic N) is 3. The first-order valence-electron chi connectivity index (χ1n) is 11.5. The van der Waals surface area contributed by atoms with Gasteiger partial charge in [-0.15, -0.1) is 0 Å². The van der Waals surface area contributed by atoms with Gasteiger partial charge in [0.25, 0.3) is 5.91 Å². The Morgan fingerprint density at radius 3 is 2.82 bits per heavy atom. The second-order valence-corrected chi connectivity index (χ2v) is 8.43. The Bertz CT molecular complexity index is 1090. The first-order valence-corrected chi connectivity index (χ1v) is 11.5. The molecular weight excluding hydrogens is 422 g/mol. The van der Waals surface area contributed by atoms with Crippen LogP contribution in [0.5, 0.6) is 5.75 Å². The van der Waals surface area contributed by atoms with Crippen LogP contribution in [0.2, 0.25) is 0 Å². The van der Waals surface area contributed by atoms with E-state index >= 15 is 0 Å². The van der Waals surface area contributed by atoms with Gasteiger partial charge in [0.1, 0.15) is 11.6 Å². The van der Waals surface area contributed by atoms with E-state index in [1.165, 1.54) is 6.26 Å². The van der Waals surface area contributed by atoms with Crippen molar-refractivity contribution >= 4 is 22.6 Å². The number of hydrogen-bond acceptors (Lipinski definition) is 7. The molecule has 2 fully saturated rings. The Morgan fingerprint density at radius 2 is 2.09 bits per heavy atom. The molecule has 33 heavy (non-hydrogen) atoms. The number of aromatic nitrogens is 1. The van der Waals surface area contributed by atoms with E-state index in [0.717, 1.165) is 60.6 Å². The molecular formula is C25H29N3O5. The van der Waals surface area contributed by atoms with E-state index in [1.807, 2.05) is 23.1 Å². The number of carbonyl (C=O) groups excluding carboxylic acids is 1. The molecule has 0 radical (unpaired) electrons.